The molecule has 0 saturated carbocycles. The molecule has 1 atom stereocenters. The zero-order valence-electron chi connectivity index (χ0n) is 12.7. The number of rotatable bonds is 5. The molecule has 0 aromatic heterocycles. The first kappa shape index (κ1) is 16.7. The average molecular weight is 319 g/mol. The first-order valence-electron chi connectivity index (χ1n) is 7.47. The number of likely N-dealkylation sites (N-methyl/N-ethyl adjacent to an activating group) is 1. The van der Waals surface area contributed by atoms with Gasteiger partial charge in [-0.1, -0.05) is 0 Å². The van der Waals surface area contributed by atoms with Crippen LogP contribution in [0.5, 0.6) is 0 Å². The Labute approximate surface area is 126 Å². The smallest absolute Gasteiger partial charge is 0.308 e. The SMILES string of the molecule is COC(=O)C1CCN(S(=O)(=O)N(C)CC2CCCN2)CC1. The molecule has 0 aliphatic carbocycles. The number of methoxy groups -OCH3 is 1. The van der Waals surface area contributed by atoms with Gasteiger partial charge in [-0.2, -0.15) is 17.0 Å². The summed E-state index contributed by atoms with van der Waals surface area (Å²) in [4.78, 5) is 11.5. The van der Waals surface area contributed by atoms with Crippen LogP contribution >= 0.6 is 0 Å². The van der Waals surface area contributed by atoms with Crippen molar-refractivity contribution >= 4 is 16.2 Å². The summed E-state index contributed by atoms with van der Waals surface area (Å²) in [6, 6.07) is 0.248. The van der Waals surface area contributed by atoms with Gasteiger partial charge in [-0.05, 0) is 32.2 Å². The van der Waals surface area contributed by atoms with E-state index in [1.54, 1.807) is 7.05 Å². The zero-order chi connectivity index (χ0) is 15.5. The minimum atomic E-state index is -3.43. The molecule has 7 nitrogen and oxygen atoms in total. The van der Waals surface area contributed by atoms with Gasteiger partial charge in [0.2, 0.25) is 0 Å². The van der Waals surface area contributed by atoms with Crippen LogP contribution in [0.4, 0.5) is 0 Å². The Bertz CT molecular complexity index is 454. The molecular weight excluding hydrogens is 294 g/mol. The number of nitrogens with one attached hydrogen (secondary N) is 1. The van der Waals surface area contributed by atoms with E-state index in [0.29, 0.717) is 32.5 Å². The molecule has 21 heavy (non-hydrogen) atoms. The standard InChI is InChI=1S/C13H25N3O4S/c1-15(10-12-4-3-7-14-12)21(18,19)16-8-5-11(6-9-16)13(17)20-2/h11-12,14H,3-10H2,1-2H3. The van der Waals surface area contributed by atoms with Crippen LogP contribution in [-0.4, -0.2) is 69.4 Å². The lowest BCUT2D eigenvalue weighted by Crippen LogP contribution is -2.49. The number of hydrogen-bond donors (Lipinski definition) is 1. The predicted molar refractivity (Wildman–Crippen MR) is 78.9 cm³/mol. The molecule has 2 rings (SSSR count). The highest BCUT2D eigenvalue weighted by Crippen LogP contribution is 2.22. The highest BCUT2D eigenvalue weighted by molar-refractivity contribution is 7.86. The summed E-state index contributed by atoms with van der Waals surface area (Å²) in [6.45, 7) is 2.22. The maximum atomic E-state index is 12.5. The van der Waals surface area contributed by atoms with Gasteiger partial charge in [0, 0.05) is 32.7 Å². The Morgan fingerprint density at radius 2 is 2.00 bits per heavy atom. The number of hydrogen-bond acceptors (Lipinski definition) is 5. The largest absolute Gasteiger partial charge is 0.469 e. The second-order valence-electron chi connectivity index (χ2n) is 5.78. The van der Waals surface area contributed by atoms with Crippen molar-refractivity contribution in [2.75, 3.05) is 40.3 Å². The molecule has 2 heterocycles. The maximum Gasteiger partial charge on any atom is 0.308 e. The summed E-state index contributed by atoms with van der Waals surface area (Å²) < 4.78 is 32.7. The number of piperidine rings is 1. The minimum absolute atomic E-state index is 0.178. The molecule has 2 aliphatic heterocycles. The third-order valence-corrected chi connectivity index (χ3v) is 6.30. The number of carbonyl (C=O) groups excluding carboxylic acids is 1. The summed E-state index contributed by atoms with van der Waals surface area (Å²) >= 11 is 0. The van der Waals surface area contributed by atoms with E-state index in [0.717, 1.165) is 19.4 Å². The van der Waals surface area contributed by atoms with Crippen molar-refractivity contribution in [1.29, 1.82) is 0 Å². The van der Waals surface area contributed by atoms with E-state index in [1.165, 1.54) is 15.7 Å². The van der Waals surface area contributed by atoms with E-state index >= 15 is 0 Å². The van der Waals surface area contributed by atoms with Crippen molar-refractivity contribution in [3.05, 3.63) is 0 Å². The van der Waals surface area contributed by atoms with E-state index < -0.39 is 10.2 Å². The van der Waals surface area contributed by atoms with Crippen molar-refractivity contribution < 1.29 is 17.9 Å². The van der Waals surface area contributed by atoms with E-state index in [-0.39, 0.29) is 17.9 Å². The molecule has 0 amide bonds. The van der Waals surface area contributed by atoms with E-state index in [1.807, 2.05) is 0 Å². The summed E-state index contributed by atoms with van der Waals surface area (Å²) in [5.74, 6) is -0.418. The van der Waals surface area contributed by atoms with Gasteiger partial charge in [-0.15, -0.1) is 0 Å². The van der Waals surface area contributed by atoms with Crippen LogP contribution in [0.25, 0.3) is 0 Å². The molecule has 2 fully saturated rings. The van der Waals surface area contributed by atoms with Gasteiger partial charge in [-0.25, -0.2) is 0 Å². The summed E-state index contributed by atoms with van der Waals surface area (Å²) in [5, 5.41) is 3.31. The third-order valence-electron chi connectivity index (χ3n) is 4.35. The molecule has 122 valence electrons. The third kappa shape index (κ3) is 3.94. The van der Waals surface area contributed by atoms with Crippen LogP contribution in [0.2, 0.25) is 0 Å². The first-order valence-corrected chi connectivity index (χ1v) is 8.87. The van der Waals surface area contributed by atoms with Crippen molar-refractivity contribution in [1.82, 2.24) is 13.9 Å². The molecule has 0 aromatic rings. The van der Waals surface area contributed by atoms with Crippen LogP contribution in [-0.2, 0) is 19.7 Å². The first-order chi connectivity index (χ1) is 9.95. The lowest BCUT2D eigenvalue weighted by Gasteiger charge is -2.33. The van der Waals surface area contributed by atoms with Gasteiger partial charge >= 0.3 is 5.97 Å². The molecule has 0 spiro atoms. The fourth-order valence-corrected chi connectivity index (χ4v) is 4.44. The predicted octanol–water partition coefficient (Wildman–Crippen LogP) is -0.200. The fraction of sp³-hybridized carbons (Fsp3) is 0.923. The Hall–Kier alpha value is -0.700. The lowest BCUT2D eigenvalue weighted by atomic mass is 9.99. The van der Waals surface area contributed by atoms with Gasteiger partial charge in [0.1, 0.15) is 0 Å². The van der Waals surface area contributed by atoms with Gasteiger partial charge in [-0.3, -0.25) is 4.79 Å². The normalized spacial score (nSPS) is 25.4. The highest BCUT2D eigenvalue weighted by Gasteiger charge is 2.34. The number of ether oxygens (including phenoxy) is 1. The van der Waals surface area contributed by atoms with E-state index in [9.17, 15) is 13.2 Å². The number of nitrogens with zero attached hydrogens (tertiary/aromatic N) is 2. The second kappa shape index (κ2) is 7.04. The monoisotopic (exact) mass is 319 g/mol. The Morgan fingerprint density at radius 1 is 1.33 bits per heavy atom. The van der Waals surface area contributed by atoms with Crippen molar-refractivity contribution in [2.45, 2.75) is 31.7 Å². The van der Waals surface area contributed by atoms with Crippen LogP contribution in [0.1, 0.15) is 25.7 Å². The van der Waals surface area contributed by atoms with Crippen molar-refractivity contribution in [3.63, 3.8) is 0 Å². The maximum absolute atomic E-state index is 12.5. The molecule has 0 aromatic carbocycles. The van der Waals surface area contributed by atoms with Crippen molar-refractivity contribution in [2.24, 2.45) is 5.92 Å². The van der Waals surface area contributed by atoms with Gasteiger partial charge in [0.05, 0.1) is 13.0 Å². The minimum Gasteiger partial charge on any atom is -0.469 e. The highest BCUT2D eigenvalue weighted by atomic mass is 32.2. The van der Waals surface area contributed by atoms with Crippen LogP contribution in [0.15, 0.2) is 0 Å². The molecule has 1 N–H and O–H groups in total. The number of esters is 1. The Kier molecular flexibility index (Phi) is 5.59. The van der Waals surface area contributed by atoms with Gasteiger partial charge in [0.25, 0.3) is 10.2 Å². The molecule has 8 heteroatoms. The van der Waals surface area contributed by atoms with Crippen LogP contribution in [0.3, 0.4) is 0 Å². The average Bonchev–Trinajstić information content (AvgIpc) is 2.99. The quantitative estimate of drug-likeness (QED) is 0.710. The second-order valence-corrected chi connectivity index (χ2v) is 7.81. The lowest BCUT2D eigenvalue weighted by molar-refractivity contribution is -0.146. The Balaban J connectivity index is 1.89. The molecule has 0 bridgehead atoms. The molecule has 2 aliphatic rings. The molecule has 0 radical (unpaired) electrons. The number of carbonyl (C=O) groups is 1. The summed E-state index contributed by atoms with van der Waals surface area (Å²) in [7, 11) is -0.435. The summed E-state index contributed by atoms with van der Waals surface area (Å²) in [5.41, 5.74) is 0. The van der Waals surface area contributed by atoms with E-state index in [4.69, 9.17) is 4.74 Å². The van der Waals surface area contributed by atoms with Gasteiger partial charge < -0.3 is 10.1 Å². The zero-order valence-corrected chi connectivity index (χ0v) is 13.6. The molecule has 2 saturated heterocycles. The topological polar surface area (TPSA) is 79.0 Å². The Morgan fingerprint density at radius 3 is 2.52 bits per heavy atom. The molecular formula is C13H25N3O4S. The summed E-state index contributed by atoms with van der Waals surface area (Å²) in [6.07, 6.45) is 3.18. The van der Waals surface area contributed by atoms with Crippen LogP contribution < -0.4 is 5.32 Å². The molecule has 1 unspecified atom stereocenters. The van der Waals surface area contributed by atoms with Gasteiger partial charge in [0.15, 0.2) is 0 Å². The van der Waals surface area contributed by atoms with E-state index in [2.05, 4.69) is 5.32 Å². The fourth-order valence-electron chi connectivity index (χ4n) is 3.00. The van der Waals surface area contributed by atoms with Crippen molar-refractivity contribution in [3.8, 4) is 0 Å². The van der Waals surface area contributed by atoms with Crippen LogP contribution in [0, 0.1) is 5.92 Å².